The Labute approximate surface area is 160 Å². The Morgan fingerprint density at radius 2 is 1.93 bits per heavy atom. The van der Waals surface area contributed by atoms with Gasteiger partial charge < -0.3 is 15.1 Å². The quantitative estimate of drug-likeness (QED) is 0.624. The van der Waals surface area contributed by atoms with E-state index in [1.165, 1.54) is 12.1 Å². The van der Waals surface area contributed by atoms with E-state index in [-0.39, 0.29) is 5.82 Å². The Balaban J connectivity index is 1.43. The lowest BCUT2D eigenvalue weighted by Gasteiger charge is -2.33. The normalized spacial score (nSPS) is 16.5. The number of nitrogens with zero attached hydrogens (tertiary/aromatic N) is 2. The highest BCUT2D eigenvalue weighted by Crippen LogP contribution is 2.15. The summed E-state index contributed by atoms with van der Waals surface area (Å²) in [6.07, 6.45) is 2.12. The molecule has 5 nitrogen and oxygen atoms in total. The van der Waals surface area contributed by atoms with Crippen molar-refractivity contribution >= 4 is 5.96 Å². The summed E-state index contributed by atoms with van der Waals surface area (Å²) < 4.78 is 18.6. The summed E-state index contributed by atoms with van der Waals surface area (Å²) in [6, 6.07) is 9.26. The maximum Gasteiger partial charge on any atom is 0.191 e. The number of hydrogen-bond acceptors (Lipinski definition) is 3. The number of aliphatic imine (C=N–C) groups is 1. The molecule has 3 rings (SSSR count). The van der Waals surface area contributed by atoms with Crippen LogP contribution in [0, 0.1) is 19.7 Å². The van der Waals surface area contributed by atoms with Crippen LogP contribution < -0.4 is 10.6 Å². The predicted molar refractivity (Wildman–Crippen MR) is 106 cm³/mol. The van der Waals surface area contributed by atoms with Crippen LogP contribution in [0.2, 0.25) is 0 Å². The Kier molecular flexibility index (Phi) is 6.50. The van der Waals surface area contributed by atoms with Gasteiger partial charge in [-0.3, -0.25) is 9.89 Å². The lowest BCUT2D eigenvalue weighted by molar-refractivity contribution is 0.198. The largest absolute Gasteiger partial charge is 0.466 e. The van der Waals surface area contributed by atoms with Crippen LogP contribution in [0.5, 0.6) is 0 Å². The standard InChI is InChI=1S/C21H29FN4O/c1-15-12-18(16(2)27-15)13-24-21(23-3)25-20-8-10-26(11-9-20)14-17-4-6-19(22)7-5-17/h4-7,12,20H,8-11,13-14H2,1-3H3,(H2,23,24,25). The lowest BCUT2D eigenvalue weighted by atomic mass is 10.0. The van der Waals surface area contributed by atoms with E-state index < -0.39 is 0 Å². The second kappa shape index (κ2) is 9.04. The molecule has 146 valence electrons. The number of nitrogens with one attached hydrogen (secondary N) is 2. The number of aryl methyl sites for hydroxylation is 2. The van der Waals surface area contributed by atoms with Gasteiger partial charge in [-0.25, -0.2) is 4.39 Å². The first-order chi connectivity index (χ1) is 13.0. The summed E-state index contributed by atoms with van der Waals surface area (Å²) in [5.41, 5.74) is 2.32. The average molecular weight is 372 g/mol. The fraction of sp³-hybridized carbons (Fsp3) is 0.476. The molecule has 0 bridgehead atoms. The van der Waals surface area contributed by atoms with E-state index in [2.05, 4.69) is 26.6 Å². The molecule has 27 heavy (non-hydrogen) atoms. The lowest BCUT2D eigenvalue weighted by Crippen LogP contribution is -2.48. The van der Waals surface area contributed by atoms with Crippen molar-refractivity contribution in [3.8, 4) is 0 Å². The van der Waals surface area contributed by atoms with Crippen LogP contribution in [0.15, 0.2) is 39.7 Å². The second-order valence-corrected chi connectivity index (χ2v) is 7.19. The number of hydrogen-bond donors (Lipinski definition) is 2. The van der Waals surface area contributed by atoms with Gasteiger partial charge in [0.25, 0.3) is 0 Å². The Morgan fingerprint density at radius 3 is 2.52 bits per heavy atom. The molecular weight excluding hydrogens is 343 g/mol. The van der Waals surface area contributed by atoms with Gasteiger partial charge in [-0.05, 0) is 50.5 Å². The predicted octanol–water partition coefficient (Wildman–Crippen LogP) is 3.37. The zero-order valence-electron chi connectivity index (χ0n) is 16.4. The number of halogens is 1. The van der Waals surface area contributed by atoms with Gasteiger partial charge in [0.1, 0.15) is 17.3 Å². The van der Waals surface area contributed by atoms with Gasteiger partial charge in [-0.1, -0.05) is 12.1 Å². The summed E-state index contributed by atoms with van der Waals surface area (Å²) in [4.78, 5) is 6.76. The van der Waals surface area contributed by atoms with E-state index in [0.29, 0.717) is 12.6 Å². The van der Waals surface area contributed by atoms with Crippen molar-refractivity contribution < 1.29 is 8.81 Å². The van der Waals surface area contributed by atoms with Gasteiger partial charge in [0, 0.05) is 44.8 Å². The van der Waals surface area contributed by atoms with Crippen molar-refractivity contribution in [1.29, 1.82) is 0 Å². The van der Waals surface area contributed by atoms with Crippen molar-refractivity contribution in [3.05, 3.63) is 58.8 Å². The molecule has 2 aromatic rings. The van der Waals surface area contributed by atoms with E-state index in [1.807, 2.05) is 26.0 Å². The molecule has 1 saturated heterocycles. The van der Waals surface area contributed by atoms with Crippen molar-refractivity contribution in [2.75, 3.05) is 20.1 Å². The molecule has 0 spiro atoms. The number of benzene rings is 1. The molecule has 1 aliphatic rings. The van der Waals surface area contributed by atoms with E-state index in [0.717, 1.165) is 61.1 Å². The van der Waals surface area contributed by atoms with E-state index >= 15 is 0 Å². The van der Waals surface area contributed by atoms with Gasteiger partial charge >= 0.3 is 0 Å². The fourth-order valence-corrected chi connectivity index (χ4v) is 3.51. The first kappa shape index (κ1) is 19.4. The Hall–Kier alpha value is -2.34. The van der Waals surface area contributed by atoms with Crippen molar-refractivity contribution in [1.82, 2.24) is 15.5 Å². The highest BCUT2D eigenvalue weighted by Gasteiger charge is 2.20. The molecule has 6 heteroatoms. The molecule has 0 saturated carbocycles. The molecule has 0 aliphatic carbocycles. The maximum atomic E-state index is 13.0. The topological polar surface area (TPSA) is 52.8 Å². The highest BCUT2D eigenvalue weighted by atomic mass is 19.1. The minimum absolute atomic E-state index is 0.179. The average Bonchev–Trinajstić information content (AvgIpc) is 2.99. The summed E-state index contributed by atoms with van der Waals surface area (Å²) in [6.45, 7) is 7.56. The minimum Gasteiger partial charge on any atom is -0.466 e. The van der Waals surface area contributed by atoms with Gasteiger partial charge in [0.15, 0.2) is 5.96 Å². The highest BCUT2D eigenvalue weighted by molar-refractivity contribution is 5.80. The molecule has 0 radical (unpaired) electrons. The third kappa shape index (κ3) is 5.57. The molecule has 1 aliphatic heterocycles. The van der Waals surface area contributed by atoms with E-state index in [4.69, 9.17) is 4.42 Å². The number of guanidine groups is 1. The minimum atomic E-state index is -0.179. The number of furan rings is 1. The van der Waals surface area contributed by atoms with Crippen LogP contribution in [0.1, 0.15) is 35.5 Å². The smallest absolute Gasteiger partial charge is 0.191 e. The van der Waals surface area contributed by atoms with Gasteiger partial charge in [0.2, 0.25) is 0 Å². The number of piperidine rings is 1. The van der Waals surface area contributed by atoms with Crippen LogP contribution in [-0.2, 0) is 13.1 Å². The maximum absolute atomic E-state index is 13.0. The molecule has 1 fully saturated rings. The SMILES string of the molecule is CN=C(NCc1cc(C)oc1C)NC1CCN(Cc2ccc(F)cc2)CC1. The molecule has 2 heterocycles. The molecule has 1 aromatic heterocycles. The second-order valence-electron chi connectivity index (χ2n) is 7.19. The monoisotopic (exact) mass is 372 g/mol. The summed E-state index contributed by atoms with van der Waals surface area (Å²) in [7, 11) is 1.80. The van der Waals surface area contributed by atoms with Crippen molar-refractivity contribution in [3.63, 3.8) is 0 Å². The van der Waals surface area contributed by atoms with E-state index in [1.54, 1.807) is 7.05 Å². The van der Waals surface area contributed by atoms with Gasteiger partial charge in [-0.15, -0.1) is 0 Å². The molecule has 0 atom stereocenters. The van der Waals surface area contributed by atoms with Crippen LogP contribution >= 0.6 is 0 Å². The number of rotatable bonds is 5. The molecule has 0 amide bonds. The Bertz CT molecular complexity index is 761. The van der Waals surface area contributed by atoms with Crippen molar-refractivity contribution in [2.24, 2.45) is 4.99 Å². The van der Waals surface area contributed by atoms with Gasteiger partial charge in [-0.2, -0.15) is 0 Å². The summed E-state index contributed by atoms with van der Waals surface area (Å²) >= 11 is 0. The van der Waals surface area contributed by atoms with Crippen LogP contribution in [0.4, 0.5) is 4.39 Å². The van der Waals surface area contributed by atoms with Gasteiger partial charge in [0.05, 0.1) is 0 Å². The molecular formula is C21H29FN4O. The first-order valence-electron chi connectivity index (χ1n) is 9.53. The first-order valence-corrected chi connectivity index (χ1v) is 9.53. The van der Waals surface area contributed by atoms with Crippen LogP contribution in [-0.4, -0.2) is 37.0 Å². The number of likely N-dealkylation sites (tertiary alicyclic amines) is 1. The zero-order valence-corrected chi connectivity index (χ0v) is 16.4. The van der Waals surface area contributed by atoms with Crippen LogP contribution in [0.3, 0.4) is 0 Å². The third-order valence-corrected chi connectivity index (χ3v) is 5.06. The fourth-order valence-electron chi connectivity index (χ4n) is 3.51. The molecule has 1 aromatic carbocycles. The third-order valence-electron chi connectivity index (χ3n) is 5.06. The zero-order chi connectivity index (χ0) is 19.2. The summed E-state index contributed by atoms with van der Waals surface area (Å²) in [5.74, 6) is 2.52. The Morgan fingerprint density at radius 1 is 1.22 bits per heavy atom. The summed E-state index contributed by atoms with van der Waals surface area (Å²) in [5, 5.41) is 6.90. The van der Waals surface area contributed by atoms with E-state index in [9.17, 15) is 4.39 Å². The molecule has 0 unspecified atom stereocenters. The molecule has 2 N–H and O–H groups in total. The van der Waals surface area contributed by atoms with Crippen molar-refractivity contribution in [2.45, 2.75) is 45.8 Å². The van der Waals surface area contributed by atoms with Crippen LogP contribution in [0.25, 0.3) is 0 Å².